The van der Waals surface area contributed by atoms with Crippen LogP contribution in [0.2, 0.25) is 18.1 Å². The first-order chi connectivity index (χ1) is 14.6. The van der Waals surface area contributed by atoms with Gasteiger partial charge >= 0.3 is 11.9 Å². The fourth-order valence-electron chi connectivity index (χ4n) is 5.60. The van der Waals surface area contributed by atoms with E-state index in [9.17, 15) is 19.8 Å². The Bertz CT molecular complexity index is 849. The second kappa shape index (κ2) is 9.59. The van der Waals surface area contributed by atoms with E-state index < -0.39 is 31.1 Å². The van der Waals surface area contributed by atoms with Crippen molar-refractivity contribution in [1.82, 2.24) is 0 Å². The molecular formula is C25H38O5Si. The molecule has 2 atom stereocenters. The zero-order chi connectivity index (χ0) is 23.4. The van der Waals surface area contributed by atoms with Gasteiger partial charge in [0.2, 0.25) is 8.32 Å². The van der Waals surface area contributed by atoms with E-state index in [2.05, 4.69) is 20.8 Å². The molecule has 0 bridgehead atoms. The molecule has 31 heavy (non-hydrogen) atoms. The second-order valence-electron chi connectivity index (χ2n) is 8.76. The lowest BCUT2D eigenvalue weighted by Gasteiger charge is -2.50. The van der Waals surface area contributed by atoms with Gasteiger partial charge in [0.25, 0.3) is 0 Å². The molecule has 1 aromatic carbocycles. The van der Waals surface area contributed by atoms with Crippen LogP contribution in [0.5, 0.6) is 0 Å². The minimum absolute atomic E-state index is 0.192. The number of aryl methyl sites for hydroxylation is 1. The third-order valence-electron chi connectivity index (χ3n) is 7.90. The highest BCUT2D eigenvalue weighted by molar-refractivity contribution is 6.73. The van der Waals surface area contributed by atoms with Crippen molar-refractivity contribution < 1.29 is 24.2 Å². The van der Waals surface area contributed by atoms with Gasteiger partial charge in [-0.15, -0.1) is 0 Å². The fraction of sp³-hybridized carbons (Fsp3) is 0.600. The maximum atomic E-state index is 13.1. The summed E-state index contributed by atoms with van der Waals surface area (Å²) in [6, 6.07) is 10.5. The number of carboxylic acid groups (broad SMARTS) is 2. The lowest BCUT2D eigenvalue weighted by atomic mass is 9.51. The molecule has 0 radical (unpaired) electrons. The molecule has 1 aliphatic rings. The standard InChI is InChI=1S/C25H38O5Si/c1-7-24(22(26)27)17-16-20(30-31(9-3,10-4)11-5)21(25(24,8-2)23(28)29)19-15-13-12-14-18(19)6/h12-15H,7-11,16-17H2,1-6H3,(H,26,27)(H,28,29)/t24-,25+/m0/s1. The Kier molecular flexibility index (Phi) is 7.79. The van der Waals surface area contributed by atoms with Gasteiger partial charge in [0.05, 0.1) is 11.2 Å². The number of aliphatic carboxylic acids is 2. The average Bonchev–Trinajstić information content (AvgIpc) is 2.77. The number of carboxylic acids is 2. The maximum Gasteiger partial charge on any atom is 0.315 e. The van der Waals surface area contributed by atoms with Crippen molar-refractivity contribution in [3.63, 3.8) is 0 Å². The molecule has 0 fully saturated rings. The van der Waals surface area contributed by atoms with E-state index >= 15 is 0 Å². The highest BCUT2D eigenvalue weighted by atomic mass is 28.4. The molecule has 0 saturated carbocycles. The zero-order valence-corrected chi connectivity index (χ0v) is 20.9. The summed E-state index contributed by atoms with van der Waals surface area (Å²) < 4.78 is 6.84. The molecule has 0 aliphatic heterocycles. The Labute approximate surface area is 187 Å². The lowest BCUT2D eigenvalue weighted by molar-refractivity contribution is -0.171. The van der Waals surface area contributed by atoms with Crippen LogP contribution in [-0.2, 0) is 14.0 Å². The van der Waals surface area contributed by atoms with Crippen LogP contribution in [0.25, 0.3) is 5.57 Å². The van der Waals surface area contributed by atoms with Gasteiger partial charge < -0.3 is 14.6 Å². The Hall–Kier alpha value is -2.08. The molecule has 5 nitrogen and oxygen atoms in total. The summed E-state index contributed by atoms with van der Waals surface area (Å²) in [5.41, 5.74) is -0.614. The molecule has 1 aromatic rings. The molecule has 0 aromatic heterocycles. The minimum atomic E-state index is -2.09. The summed E-state index contributed by atoms with van der Waals surface area (Å²) in [6.45, 7) is 12.0. The van der Waals surface area contributed by atoms with E-state index in [1.54, 1.807) is 13.8 Å². The van der Waals surface area contributed by atoms with Crippen molar-refractivity contribution in [3.8, 4) is 0 Å². The highest BCUT2D eigenvalue weighted by Gasteiger charge is 2.64. The number of allylic oxidation sites excluding steroid dienone is 1. The van der Waals surface area contributed by atoms with Crippen LogP contribution in [0.3, 0.4) is 0 Å². The van der Waals surface area contributed by atoms with Crippen molar-refractivity contribution in [2.75, 3.05) is 0 Å². The summed E-state index contributed by atoms with van der Waals surface area (Å²) in [5, 5.41) is 21.1. The SMILES string of the molecule is CC[C@@]1(C(=O)O)CCC(O[Si](CC)(CC)CC)=C(c2ccccc2C)[C@]1(CC)C(=O)O. The lowest BCUT2D eigenvalue weighted by Crippen LogP contribution is -2.55. The topological polar surface area (TPSA) is 83.8 Å². The third kappa shape index (κ3) is 3.84. The van der Waals surface area contributed by atoms with Gasteiger partial charge in [0.15, 0.2) is 0 Å². The van der Waals surface area contributed by atoms with Crippen molar-refractivity contribution in [2.24, 2.45) is 10.8 Å². The summed E-state index contributed by atoms with van der Waals surface area (Å²) in [5.74, 6) is -1.40. The third-order valence-corrected chi connectivity index (χ3v) is 12.4. The van der Waals surface area contributed by atoms with Gasteiger partial charge in [-0.1, -0.05) is 58.9 Å². The van der Waals surface area contributed by atoms with Gasteiger partial charge in [-0.05, 0) is 55.4 Å². The quantitative estimate of drug-likeness (QED) is 0.402. The first kappa shape index (κ1) is 25.2. The van der Waals surface area contributed by atoms with Crippen LogP contribution in [0.4, 0.5) is 0 Å². The molecule has 2 N–H and O–H groups in total. The fourth-order valence-corrected chi connectivity index (χ4v) is 8.26. The number of hydrogen-bond acceptors (Lipinski definition) is 3. The van der Waals surface area contributed by atoms with Crippen molar-refractivity contribution in [2.45, 2.75) is 85.4 Å². The Morgan fingerprint density at radius 2 is 1.55 bits per heavy atom. The monoisotopic (exact) mass is 446 g/mol. The molecule has 0 amide bonds. The first-order valence-electron chi connectivity index (χ1n) is 11.6. The summed E-state index contributed by atoms with van der Waals surface area (Å²) in [7, 11) is -2.09. The van der Waals surface area contributed by atoms with Crippen LogP contribution >= 0.6 is 0 Å². The Morgan fingerprint density at radius 3 is 1.97 bits per heavy atom. The van der Waals surface area contributed by atoms with E-state index in [1.807, 2.05) is 31.2 Å². The smallest absolute Gasteiger partial charge is 0.315 e. The summed E-state index contributed by atoms with van der Waals surface area (Å²) in [6.07, 6.45) is 1.17. The van der Waals surface area contributed by atoms with Gasteiger partial charge in [-0.25, -0.2) is 0 Å². The van der Waals surface area contributed by atoms with Crippen LogP contribution in [0, 0.1) is 17.8 Å². The predicted molar refractivity (Wildman–Crippen MR) is 126 cm³/mol. The zero-order valence-electron chi connectivity index (χ0n) is 19.9. The van der Waals surface area contributed by atoms with Gasteiger partial charge in [-0.2, -0.15) is 0 Å². The van der Waals surface area contributed by atoms with Crippen molar-refractivity contribution in [1.29, 1.82) is 0 Å². The van der Waals surface area contributed by atoms with Gasteiger partial charge in [0, 0.05) is 12.0 Å². The van der Waals surface area contributed by atoms with Crippen LogP contribution in [-0.4, -0.2) is 30.5 Å². The molecular weight excluding hydrogens is 408 g/mol. The normalized spacial score (nSPS) is 24.2. The minimum Gasteiger partial charge on any atom is -0.546 e. The molecule has 0 heterocycles. The number of benzene rings is 1. The Balaban J connectivity index is 2.99. The van der Waals surface area contributed by atoms with Gasteiger partial charge in [-0.3, -0.25) is 9.59 Å². The average molecular weight is 447 g/mol. The summed E-state index contributed by atoms with van der Waals surface area (Å²) >= 11 is 0. The Morgan fingerprint density at radius 1 is 0.968 bits per heavy atom. The van der Waals surface area contributed by atoms with Crippen molar-refractivity contribution >= 4 is 25.8 Å². The van der Waals surface area contributed by atoms with E-state index in [4.69, 9.17) is 4.43 Å². The number of carbonyl (C=O) groups is 2. The molecule has 1 aliphatic carbocycles. The van der Waals surface area contributed by atoms with Gasteiger partial charge in [0.1, 0.15) is 5.41 Å². The molecule has 6 heteroatoms. The highest BCUT2D eigenvalue weighted by Crippen LogP contribution is 2.61. The molecule has 0 saturated heterocycles. The second-order valence-corrected chi connectivity index (χ2v) is 13.5. The van der Waals surface area contributed by atoms with Crippen molar-refractivity contribution in [3.05, 3.63) is 41.2 Å². The number of rotatable bonds is 10. The van der Waals surface area contributed by atoms with Crippen LogP contribution < -0.4 is 0 Å². The van der Waals surface area contributed by atoms with Crippen LogP contribution in [0.15, 0.2) is 30.0 Å². The maximum absolute atomic E-state index is 13.1. The van der Waals surface area contributed by atoms with E-state index in [0.717, 1.165) is 29.3 Å². The van der Waals surface area contributed by atoms with Crippen LogP contribution in [0.1, 0.15) is 71.4 Å². The molecule has 2 rings (SSSR count). The van der Waals surface area contributed by atoms with E-state index in [1.165, 1.54) is 0 Å². The molecule has 0 unspecified atom stereocenters. The first-order valence-corrected chi connectivity index (χ1v) is 14.1. The summed E-state index contributed by atoms with van der Waals surface area (Å²) in [4.78, 5) is 25.7. The predicted octanol–water partition coefficient (Wildman–Crippen LogP) is 6.48. The number of hydrogen-bond donors (Lipinski definition) is 2. The molecule has 172 valence electrons. The van der Waals surface area contributed by atoms with E-state index in [-0.39, 0.29) is 19.3 Å². The largest absolute Gasteiger partial charge is 0.546 e. The van der Waals surface area contributed by atoms with E-state index in [0.29, 0.717) is 17.8 Å². The molecule has 0 spiro atoms.